The lowest BCUT2D eigenvalue weighted by Gasteiger charge is -2.32. The SMILES string of the molecule is CCN(C(=O)CN1CCc2sccc2C1)[C@H](C)c1ccc(C#N)cc1. The van der Waals surface area contributed by atoms with E-state index >= 15 is 0 Å². The topological polar surface area (TPSA) is 47.3 Å². The van der Waals surface area contributed by atoms with Crippen LogP contribution in [0.3, 0.4) is 0 Å². The zero-order chi connectivity index (χ0) is 17.8. The molecular formula is C20H23N3OS. The maximum atomic E-state index is 12.9. The molecule has 1 aromatic heterocycles. The van der Waals surface area contributed by atoms with Crippen molar-refractivity contribution < 1.29 is 4.79 Å². The van der Waals surface area contributed by atoms with Gasteiger partial charge in [-0.2, -0.15) is 5.26 Å². The Bertz CT molecular complexity index is 775. The number of rotatable bonds is 5. The van der Waals surface area contributed by atoms with E-state index in [9.17, 15) is 4.79 Å². The standard InChI is InChI=1S/C20H23N3OS/c1-3-23(15(2)17-6-4-16(12-21)5-7-17)20(24)14-22-10-8-19-18(13-22)9-11-25-19/h4-7,9,11,15H,3,8,10,13-14H2,1-2H3/t15-/m1/s1. The molecule has 0 aliphatic carbocycles. The smallest absolute Gasteiger partial charge is 0.237 e. The van der Waals surface area contributed by atoms with Crippen LogP contribution in [0.2, 0.25) is 0 Å². The minimum Gasteiger partial charge on any atom is -0.335 e. The number of nitrogens with zero attached hydrogens (tertiary/aromatic N) is 3. The van der Waals surface area contributed by atoms with E-state index in [1.54, 1.807) is 0 Å². The molecule has 0 unspecified atom stereocenters. The van der Waals surface area contributed by atoms with Crippen molar-refractivity contribution in [3.05, 3.63) is 57.3 Å². The molecule has 5 heteroatoms. The Kier molecular flexibility index (Phi) is 5.52. The summed E-state index contributed by atoms with van der Waals surface area (Å²) >= 11 is 1.82. The van der Waals surface area contributed by atoms with Crippen molar-refractivity contribution in [2.24, 2.45) is 0 Å². The number of benzene rings is 1. The predicted octanol–water partition coefficient (Wildman–Crippen LogP) is 3.59. The number of likely N-dealkylation sites (N-methyl/N-ethyl adjacent to an activating group) is 1. The van der Waals surface area contributed by atoms with Gasteiger partial charge < -0.3 is 4.90 Å². The van der Waals surface area contributed by atoms with Gasteiger partial charge in [0.25, 0.3) is 0 Å². The van der Waals surface area contributed by atoms with Crippen LogP contribution in [0.4, 0.5) is 0 Å². The highest BCUT2D eigenvalue weighted by Crippen LogP contribution is 2.25. The van der Waals surface area contributed by atoms with Crippen LogP contribution in [0.15, 0.2) is 35.7 Å². The lowest BCUT2D eigenvalue weighted by atomic mass is 10.0. The predicted molar refractivity (Wildman–Crippen MR) is 100 cm³/mol. The molecule has 0 N–H and O–H groups in total. The van der Waals surface area contributed by atoms with Crippen molar-refractivity contribution in [1.82, 2.24) is 9.80 Å². The van der Waals surface area contributed by atoms with Gasteiger partial charge in [-0.3, -0.25) is 9.69 Å². The zero-order valence-electron chi connectivity index (χ0n) is 14.7. The van der Waals surface area contributed by atoms with Crippen molar-refractivity contribution in [3.63, 3.8) is 0 Å². The number of carbonyl (C=O) groups excluding carboxylic acids is 1. The summed E-state index contributed by atoms with van der Waals surface area (Å²) < 4.78 is 0. The molecule has 0 saturated heterocycles. The third kappa shape index (κ3) is 3.92. The molecule has 0 spiro atoms. The van der Waals surface area contributed by atoms with E-state index in [0.29, 0.717) is 18.7 Å². The highest BCUT2D eigenvalue weighted by Gasteiger charge is 2.24. The van der Waals surface area contributed by atoms with E-state index in [1.807, 2.05) is 47.4 Å². The summed E-state index contributed by atoms with van der Waals surface area (Å²) in [4.78, 5) is 18.5. The molecule has 1 aromatic carbocycles. The van der Waals surface area contributed by atoms with Crippen LogP contribution in [0, 0.1) is 11.3 Å². The first-order valence-electron chi connectivity index (χ1n) is 8.69. The minimum absolute atomic E-state index is 0.00624. The molecule has 2 heterocycles. The van der Waals surface area contributed by atoms with Gasteiger partial charge in [0, 0.05) is 24.5 Å². The number of thiophene rings is 1. The summed E-state index contributed by atoms with van der Waals surface area (Å²) in [5.74, 6) is 0.165. The molecule has 1 aliphatic heterocycles. The third-order valence-corrected chi connectivity index (χ3v) is 5.92. The monoisotopic (exact) mass is 353 g/mol. The van der Waals surface area contributed by atoms with Crippen molar-refractivity contribution in [1.29, 1.82) is 5.26 Å². The normalized spacial score (nSPS) is 15.2. The van der Waals surface area contributed by atoms with Crippen LogP contribution in [0.25, 0.3) is 0 Å². The summed E-state index contributed by atoms with van der Waals surface area (Å²) in [6.45, 7) is 7.03. The highest BCUT2D eigenvalue weighted by atomic mass is 32.1. The van der Waals surface area contributed by atoms with Gasteiger partial charge in [-0.15, -0.1) is 11.3 Å². The van der Waals surface area contributed by atoms with E-state index in [1.165, 1.54) is 10.4 Å². The Labute approximate surface area is 153 Å². The average Bonchev–Trinajstić information content (AvgIpc) is 3.10. The Morgan fingerprint density at radius 3 is 2.80 bits per heavy atom. The van der Waals surface area contributed by atoms with Gasteiger partial charge in [-0.05, 0) is 55.0 Å². The summed E-state index contributed by atoms with van der Waals surface area (Å²) in [5, 5.41) is 11.1. The average molecular weight is 353 g/mol. The van der Waals surface area contributed by atoms with E-state index in [0.717, 1.165) is 25.1 Å². The van der Waals surface area contributed by atoms with Crippen LogP contribution in [-0.2, 0) is 17.8 Å². The molecule has 0 bridgehead atoms. The first kappa shape index (κ1) is 17.7. The second kappa shape index (κ2) is 7.81. The molecule has 130 valence electrons. The first-order chi connectivity index (χ1) is 12.1. The summed E-state index contributed by atoms with van der Waals surface area (Å²) in [7, 11) is 0. The maximum Gasteiger partial charge on any atom is 0.237 e. The van der Waals surface area contributed by atoms with Crippen molar-refractivity contribution >= 4 is 17.2 Å². The van der Waals surface area contributed by atoms with Crippen molar-refractivity contribution in [2.75, 3.05) is 19.6 Å². The van der Waals surface area contributed by atoms with Crippen LogP contribution >= 0.6 is 11.3 Å². The number of carbonyl (C=O) groups is 1. The fraction of sp³-hybridized carbons (Fsp3) is 0.400. The quantitative estimate of drug-likeness (QED) is 0.825. The van der Waals surface area contributed by atoms with Gasteiger partial charge in [0.2, 0.25) is 5.91 Å². The molecule has 1 atom stereocenters. The molecule has 1 aliphatic rings. The van der Waals surface area contributed by atoms with E-state index < -0.39 is 0 Å². The maximum absolute atomic E-state index is 12.9. The van der Waals surface area contributed by atoms with Gasteiger partial charge in [0.15, 0.2) is 0 Å². The lowest BCUT2D eigenvalue weighted by molar-refractivity contribution is -0.134. The Morgan fingerprint density at radius 2 is 2.12 bits per heavy atom. The Morgan fingerprint density at radius 1 is 1.36 bits per heavy atom. The molecule has 2 aromatic rings. The van der Waals surface area contributed by atoms with E-state index in [2.05, 4.69) is 29.3 Å². The van der Waals surface area contributed by atoms with Crippen LogP contribution in [0.1, 0.15) is 41.5 Å². The molecule has 0 radical (unpaired) electrons. The highest BCUT2D eigenvalue weighted by molar-refractivity contribution is 7.10. The Hall–Kier alpha value is -2.16. The second-order valence-electron chi connectivity index (χ2n) is 6.42. The minimum atomic E-state index is 0.00624. The second-order valence-corrected chi connectivity index (χ2v) is 7.42. The summed E-state index contributed by atoms with van der Waals surface area (Å²) in [6, 6.07) is 11.8. The number of fused-ring (bicyclic) bond motifs is 1. The fourth-order valence-corrected chi connectivity index (χ4v) is 4.30. The first-order valence-corrected chi connectivity index (χ1v) is 9.57. The lowest BCUT2D eigenvalue weighted by Crippen LogP contribution is -2.42. The number of hydrogen-bond acceptors (Lipinski definition) is 4. The van der Waals surface area contributed by atoms with Crippen molar-refractivity contribution in [2.45, 2.75) is 32.9 Å². The Balaban J connectivity index is 1.65. The van der Waals surface area contributed by atoms with Gasteiger partial charge >= 0.3 is 0 Å². The van der Waals surface area contributed by atoms with E-state index in [-0.39, 0.29) is 11.9 Å². The van der Waals surface area contributed by atoms with Crippen molar-refractivity contribution in [3.8, 4) is 6.07 Å². The number of amides is 1. The van der Waals surface area contributed by atoms with Crippen LogP contribution < -0.4 is 0 Å². The molecule has 3 rings (SSSR count). The molecule has 0 saturated carbocycles. The van der Waals surface area contributed by atoms with Crippen LogP contribution in [-0.4, -0.2) is 35.3 Å². The van der Waals surface area contributed by atoms with Crippen LogP contribution in [0.5, 0.6) is 0 Å². The van der Waals surface area contributed by atoms with Gasteiger partial charge in [-0.25, -0.2) is 0 Å². The van der Waals surface area contributed by atoms with Gasteiger partial charge in [0.1, 0.15) is 0 Å². The molecule has 1 amide bonds. The van der Waals surface area contributed by atoms with Gasteiger partial charge in [0.05, 0.1) is 24.2 Å². The summed E-state index contributed by atoms with van der Waals surface area (Å²) in [6.07, 6.45) is 1.04. The summed E-state index contributed by atoms with van der Waals surface area (Å²) in [5.41, 5.74) is 3.07. The van der Waals surface area contributed by atoms with E-state index in [4.69, 9.17) is 5.26 Å². The fourth-order valence-electron chi connectivity index (χ4n) is 3.41. The number of hydrogen-bond donors (Lipinski definition) is 0. The molecule has 4 nitrogen and oxygen atoms in total. The third-order valence-electron chi connectivity index (χ3n) is 4.90. The van der Waals surface area contributed by atoms with Gasteiger partial charge in [-0.1, -0.05) is 12.1 Å². The zero-order valence-corrected chi connectivity index (χ0v) is 15.6. The number of nitriles is 1. The molecule has 0 fully saturated rings. The molecular weight excluding hydrogens is 330 g/mol. The largest absolute Gasteiger partial charge is 0.335 e. The molecule has 25 heavy (non-hydrogen) atoms.